The number of nitrogens with zero attached hydrogens (tertiary/aromatic N) is 2. The average Bonchev–Trinajstić information content (AvgIpc) is 2.79. The van der Waals surface area contributed by atoms with E-state index in [1.807, 2.05) is 24.7 Å². The molecule has 0 radical (unpaired) electrons. The molecule has 15 heavy (non-hydrogen) atoms. The molecule has 4 nitrogen and oxygen atoms in total. The van der Waals surface area contributed by atoms with Gasteiger partial charge >= 0.3 is 0 Å². The van der Waals surface area contributed by atoms with Crippen molar-refractivity contribution in [2.45, 2.75) is 20.0 Å². The van der Waals surface area contributed by atoms with Crippen LogP contribution in [0.3, 0.4) is 0 Å². The van der Waals surface area contributed by atoms with Crippen LogP contribution in [-0.2, 0) is 13.1 Å². The first-order chi connectivity index (χ1) is 7.29. The van der Waals surface area contributed by atoms with E-state index in [4.69, 9.17) is 4.42 Å². The van der Waals surface area contributed by atoms with Gasteiger partial charge in [0.2, 0.25) is 0 Å². The number of rotatable bonds is 4. The van der Waals surface area contributed by atoms with Crippen molar-refractivity contribution in [3.63, 3.8) is 0 Å². The van der Waals surface area contributed by atoms with Crippen molar-refractivity contribution in [2.24, 2.45) is 0 Å². The molecule has 2 heterocycles. The maximum absolute atomic E-state index is 5.44. The van der Waals surface area contributed by atoms with Gasteiger partial charge in [0, 0.05) is 24.0 Å². The van der Waals surface area contributed by atoms with Gasteiger partial charge in [-0.2, -0.15) is 5.10 Å². The number of aromatic nitrogens is 2. The summed E-state index contributed by atoms with van der Waals surface area (Å²) in [4.78, 5) is 0. The van der Waals surface area contributed by atoms with Gasteiger partial charge in [0.05, 0.1) is 12.8 Å². The lowest BCUT2D eigenvalue weighted by Crippen LogP contribution is -2.04. The van der Waals surface area contributed by atoms with Crippen molar-refractivity contribution in [1.29, 1.82) is 0 Å². The maximum Gasteiger partial charge on any atom is 0.125 e. The molecular formula is C11H15N3O. The summed E-state index contributed by atoms with van der Waals surface area (Å²) in [6, 6.07) is 4.04. The number of furan rings is 1. The minimum Gasteiger partial charge on any atom is -0.467 e. The van der Waals surface area contributed by atoms with Gasteiger partial charge in [0.15, 0.2) is 0 Å². The molecule has 0 atom stereocenters. The van der Waals surface area contributed by atoms with Crippen molar-refractivity contribution in [3.8, 4) is 0 Å². The lowest BCUT2D eigenvalue weighted by atomic mass is 10.3. The fourth-order valence-electron chi connectivity index (χ4n) is 1.52. The van der Waals surface area contributed by atoms with E-state index in [0.29, 0.717) is 6.54 Å². The second kappa shape index (κ2) is 4.31. The van der Waals surface area contributed by atoms with Crippen molar-refractivity contribution >= 4 is 0 Å². The molecule has 0 unspecified atom stereocenters. The zero-order valence-electron chi connectivity index (χ0n) is 9.03. The van der Waals surface area contributed by atoms with Gasteiger partial charge in [-0.25, -0.2) is 0 Å². The van der Waals surface area contributed by atoms with Crippen LogP contribution in [0.1, 0.15) is 17.0 Å². The fourth-order valence-corrected chi connectivity index (χ4v) is 1.52. The molecule has 0 saturated carbocycles. The molecule has 0 saturated heterocycles. The summed E-state index contributed by atoms with van der Waals surface area (Å²) in [5.41, 5.74) is 2.30. The summed E-state index contributed by atoms with van der Waals surface area (Å²) in [5, 5.41) is 7.29. The molecule has 2 aromatic heterocycles. The van der Waals surface area contributed by atoms with Gasteiger partial charge in [-0.05, 0) is 26.1 Å². The Hall–Kier alpha value is -1.55. The SMILES string of the molecule is CNCc1coc(Cn2nccc2C)c1. The predicted octanol–water partition coefficient (Wildman–Crippen LogP) is 1.55. The van der Waals surface area contributed by atoms with Crippen LogP contribution in [0.4, 0.5) is 0 Å². The minimum atomic E-state index is 0.697. The molecule has 0 bridgehead atoms. The van der Waals surface area contributed by atoms with Crippen LogP contribution in [0.25, 0.3) is 0 Å². The molecule has 0 aliphatic heterocycles. The van der Waals surface area contributed by atoms with E-state index in [2.05, 4.69) is 16.5 Å². The molecule has 0 aliphatic carbocycles. The van der Waals surface area contributed by atoms with Gasteiger partial charge in [0.1, 0.15) is 5.76 Å². The Morgan fingerprint density at radius 2 is 2.40 bits per heavy atom. The van der Waals surface area contributed by atoms with Crippen LogP contribution in [0, 0.1) is 6.92 Å². The van der Waals surface area contributed by atoms with Gasteiger partial charge in [0.25, 0.3) is 0 Å². The summed E-state index contributed by atoms with van der Waals surface area (Å²) in [7, 11) is 1.92. The lowest BCUT2D eigenvalue weighted by Gasteiger charge is -2.00. The van der Waals surface area contributed by atoms with Crippen LogP contribution in [0.15, 0.2) is 29.0 Å². The Bertz CT molecular complexity index is 430. The molecule has 0 fully saturated rings. The van der Waals surface area contributed by atoms with Crippen molar-refractivity contribution < 1.29 is 4.42 Å². The Kier molecular flexibility index (Phi) is 2.87. The number of nitrogens with one attached hydrogen (secondary N) is 1. The number of aryl methyl sites for hydroxylation is 1. The summed E-state index contributed by atoms with van der Waals surface area (Å²) in [6.07, 6.45) is 3.58. The third-order valence-electron chi connectivity index (χ3n) is 2.32. The van der Waals surface area contributed by atoms with Crippen molar-refractivity contribution in [2.75, 3.05) is 7.05 Å². The van der Waals surface area contributed by atoms with Crippen molar-refractivity contribution in [1.82, 2.24) is 15.1 Å². The largest absolute Gasteiger partial charge is 0.467 e. The lowest BCUT2D eigenvalue weighted by molar-refractivity contribution is 0.475. The highest BCUT2D eigenvalue weighted by Gasteiger charge is 2.03. The van der Waals surface area contributed by atoms with E-state index in [1.54, 1.807) is 12.5 Å². The van der Waals surface area contributed by atoms with Gasteiger partial charge in [-0.1, -0.05) is 0 Å². The average molecular weight is 205 g/mol. The molecule has 1 N–H and O–H groups in total. The zero-order chi connectivity index (χ0) is 10.7. The van der Waals surface area contributed by atoms with E-state index in [-0.39, 0.29) is 0 Å². The standard InChI is InChI=1S/C11H15N3O/c1-9-3-4-13-14(9)7-11-5-10(6-12-2)8-15-11/h3-5,8,12H,6-7H2,1-2H3. The summed E-state index contributed by atoms with van der Waals surface area (Å²) >= 11 is 0. The van der Waals surface area contributed by atoms with Crippen molar-refractivity contribution in [3.05, 3.63) is 41.6 Å². The van der Waals surface area contributed by atoms with Gasteiger partial charge in [-0.3, -0.25) is 4.68 Å². The molecule has 0 aliphatic rings. The third kappa shape index (κ3) is 2.27. The molecule has 4 heteroatoms. The second-order valence-electron chi connectivity index (χ2n) is 3.58. The normalized spacial score (nSPS) is 10.8. The number of hydrogen-bond acceptors (Lipinski definition) is 3. The summed E-state index contributed by atoms with van der Waals surface area (Å²) in [5.74, 6) is 0.937. The van der Waals surface area contributed by atoms with Crippen LogP contribution >= 0.6 is 0 Å². The van der Waals surface area contributed by atoms with E-state index < -0.39 is 0 Å². The minimum absolute atomic E-state index is 0.697. The van der Waals surface area contributed by atoms with Gasteiger partial charge < -0.3 is 9.73 Å². The van der Waals surface area contributed by atoms with Crippen LogP contribution in [0.2, 0.25) is 0 Å². The topological polar surface area (TPSA) is 43.0 Å². The van der Waals surface area contributed by atoms with E-state index >= 15 is 0 Å². The zero-order valence-corrected chi connectivity index (χ0v) is 9.03. The Balaban J connectivity index is 2.08. The fraction of sp³-hybridized carbons (Fsp3) is 0.364. The van der Waals surface area contributed by atoms with E-state index in [9.17, 15) is 0 Å². The molecule has 0 aromatic carbocycles. The first-order valence-corrected chi connectivity index (χ1v) is 4.99. The summed E-state index contributed by atoms with van der Waals surface area (Å²) in [6.45, 7) is 3.56. The Morgan fingerprint density at radius 1 is 1.53 bits per heavy atom. The van der Waals surface area contributed by atoms with Crippen LogP contribution < -0.4 is 5.32 Å². The molecular weight excluding hydrogens is 190 g/mol. The van der Waals surface area contributed by atoms with Gasteiger partial charge in [-0.15, -0.1) is 0 Å². The number of hydrogen-bond donors (Lipinski definition) is 1. The molecule has 2 rings (SSSR count). The molecule has 80 valence electrons. The third-order valence-corrected chi connectivity index (χ3v) is 2.32. The maximum atomic E-state index is 5.44. The monoisotopic (exact) mass is 205 g/mol. The smallest absolute Gasteiger partial charge is 0.125 e. The first kappa shape index (κ1) is 9.98. The predicted molar refractivity (Wildman–Crippen MR) is 57.5 cm³/mol. The summed E-state index contributed by atoms with van der Waals surface area (Å²) < 4.78 is 7.36. The molecule has 2 aromatic rings. The van der Waals surface area contributed by atoms with Crippen LogP contribution in [0.5, 0.6) is 0 Å². The molecule has 0 spiro atoms. The molecule has 0 amide bonds. The quantitative estimate of drug-likeness (QED) is 0.823. The van der Waals surface area contributed by atoms with E-state index in [0.717, 1.165) is 23.6 Å². The Labute approximate surface area is 88.9 Å². The highest BCUT2D eigenvalue weighted by Crippen LogP contribution is 2.10. The second-order valence-corrected chi connectivity index (χ2v) is 3.58. The highest BCUT2D eigenvalue weighted by molar-refractivity contribution is 5.13. The Morgan fingerprint density at radius 3 is 3.07 bits per heavy atom. The highest BCUT2D eigenvalue weighted by atomic mass is 16.3. The first-order valence-electron chi connectivity index (χ1n) is 4.99. The van der Waals surface area contributed by atoms with Crippen LogP contribution in [-0.4, -0.2) is 16.8 Å². The van der Waals surface area contributed by atoms with E-state index in [1.165, 1.54) is 0 Å².